The van der Waals surface area contributed by atoms with E-state index in [0.29, 0.717) is 37.6 Å². The Morgan fingerprint density at radius 1 is 1.18 bits per heavy atom. The van der Waals surface area contributed by atoms with Gasteiger partial charge in [0.05, 0.1) is 5.56 Å². The molecule has 2 amide bonds. The molecule has 1 aliphatic heterocycles. The van der Waals surface area contributed by atoms with Gasteiger partial charge in [-0.15, -0.1) is 0 Å². The molecule has 0 spiro atoms. The lowest BCUT2D eigenvalue weighted by Crippen LogP contribution is -2.43. The molecule has 1 aromatic heterocycles. The Hall–Kier alpha value is -2.84. The number of hydrogen-bond acceptors (Lipinski definition) is 4. The largest absolute Gasteiger partial charge is 0.474 e. The van der Waals surface area contributed by atoms with Crippen LogP contribution < -0.4 is 10.1 Å². The number of nitrogens with zero attached hydrogens (tertiary/aromatic N) is 3. The van der Waals surface area contributed by atoms with Crippen molar-refractivity contribution in [2.45, 2.75) is 39.0 Å². The molecule has 2 aromatic rings. The molecule has 0 atom stereocenters. The summed E-state index contributed by atoms with van der Waals surface area (Å²) in [5.41, 5.74) is 0.137. The maximum Gasteiger partial charge on any atom is 0.416 e. The average Bonchev–Trinajstić information content (AvgIpc) is 2.61. The summed E-state index contributed by atoms with van der Waals surface area (Å²) in [4.78, 5) is 22.4. The molecular weight excluding hydrogens is 373 g/mol. The van der Waals surface area contributed by atoms with Crippen LogP contribution in [0.3, 0.4) is 0 Å². The quantitative estimate of drug-likeness (QED) is 0.848. The fraction of sp³-hybridized carbons (Fsp3) is 0.421. The molecule has 1 fully saturated rings. The number of rotatable bonds is 3. The van der Waals surface area contributed by atoms with E-state index in [1.165, 1.54) is 12.1 Å². The molecule has 1 aliphatic rings. The van der Waals surface area contributed by atoms with Gasteiger partial charge in [0.25, 0.3) is 0 Å². The Morgan fingerprint density at radius 3 is 2.54 bits per heavy atom. The van der Waals surface area contributed by atoms with Gasteiger partial charge in [0.2, 0.25) is 5.88 Å². The van der Waals surface area contributed by atoms with E-state index in [-0.39, 0.29) is 11.8 Å². The number of halogens is 3. The summed E-state index contributed by atoms with van der Waals surface area (Å²) in [5, 5.41) is 2.53. The van der Waals surface area contributed by atoms with Gasteiger partial charge in [-0.2, -0.15) is 18.2 Å². The number of alkyl halides is 3. The molecule has 1 saturated heterocycles. The lowest BCUT2D eigenvalue weighted by Gasteiger charge is -2.32. The Bertz CT molecular complexity index is 829. The maximum atomic E-state index is 12.8. The van der Waals surface area contributed by atoms with E-state index in [4.69, 9.17) is 4.74 Å². The molecule has 6 nitrogen and oxygen atoms in total. The smallest absolute Gasteiger partial charge is 0.416 e. The molecule has 1 N–H and O–H groups in total. The number of urea groups is 1. The minimum absolute atomic E-state index is 0.0775. The summed E-state index contributed by atoms with van der Waals surface area (Å²) < 4.78 is 44.2. The highest BCUT2D eigenvalue weighted by molar-refractivity contribution is 5.89. The van der Waals surface area contributed by atoms with E-state index in [1.54, 1.807) is 17.9 Å². The summed E-state index contributed by atoms with van der Waals surface area (Å²) in [5.74, 6) is 1.14. The third kappa shape index (κ3) is 5.11. The van der Waals surface area contributed by atoms with E-state index in [2.05, 4.69) is 15.3 Å². The van der Waals surface area contributed by atoms with E-state index < -0.39 is 17.8 Å². The van der Waals surface area contributed by atoms with Crippen molar-refractivity contribution in [1.82, 2.24) is 14.9 Å². The van der Waals surface area contributed by atoms with Crippen LogP contribution in [0.2, 0.25) is 0 Å². The van der Waals surface area contributed by atoms with Gasteiger partial charge in [0.1, 0.15) is 11.9 Å². The average molecular weight is 394 g/mol. The topological polar surface area (TPSA) is 67.3 Å². The molecule has 9 heteroatoms. The number of benzene rings is 1. The van der Waals surface area contributed by atoms with Crippen LogP contribution in [0.4, 0.5) is 23.7 Å². The van der Waals surface area contributed by atoms with Crippen LogP contribution in [-0.4, -0.2) is 40.1 Å². The van der Waals surface area contributed by atoms with Crippen LogP contribution in [0.25, 0.3) is 0 Å². The fourth-order valence-electron chi connectivity index (χ4n) is 3.07. The second kappa shape index (κ2) is 8.04. The number of carbonyl (C=O) groups is 1. The van der Waals surface area contributed by atoms with Crippen LogP contribution in [0.15, 0.2) is 30.3 Å². The molecule has 0 aliphatic carbocycles. The van der Waals surface area contributed by atoms with E-state index in [1.807, 2.05) is 6.92 Å². The predicted octanol–water partition coefficient (Wildman–Crippen LogP) is 4.19. The van der Waals surface area contributed by atoms with E-state index in [0.717, 1.165) is 17.8 Å². The lowest BCUT2D eigenvalue weighted by atomic mass is 10.1. The van der Waals surface area contributed by atoms with Crippen molar-refractivity contribution in [3.63, 3.8) is 0 Å². The Morgan fingerprint density at radius 2 is 1.89 bits per heavy atom. The van der Waals surface area contributed by atoms with Crippen LogP contribution in [-0.2, 0) is 6.18 Å². The zero-order chi connectivity index (χ0) is 20.3. The minimum atomic E-state index is -4.45. The molecular formula is C19H21F3N4O2. The highest BCUT2D eigenvalue weighted by Crippen LogP contribution is 2.30. The van der Waals surface area contributed by atoms with Crippen LogP contribution in [0.1, 0.15) is 29.9 Å². The Kier molecular flexibility index (Phi) is 5.71. The lowest BCUT2D eigenvalue weighted by molar-refractivity contribution is -0.137. The van der Waals surface area contributed by atoms with Crippen molar-refractivity contribution < 1.29 is 22.7 Å². The zero-order valence-electron chi connectivity index (χ0n) is 15.6. The molecule has 1 aromatic carbocycles. The minimum Gasteiger partial charge on any atom is -0.474 e. The van der Waals surface area contributed by atoms with Gasteiger partial charge in [-0.3, -0.25) is 0 Å². The van der Waals surface area contributed by atoms with Gasteiger partial charge in [-0.05, 0) is 32.0 Å². The standard InChI is InChI=1S/C19H21F3N4O2/c1-12-10-17(24-13(2)23-12)28-16-6-8-26(9-7-16)18(27)25-15-5-3-4-14(11-15)19(20,21)22/h3-5,10-11,16H,6-9H2,1-2H3,(H,25,27). The summed E-state index contributed by atoms with van der Waals surface area (Å²) in [6.45, 7) is 4.54. The van der Waals surface area contributed by atoms with Gasteiger partial charge >= 0.3 is 12.2 Å². The van der Waals surface area contributed by atoms with Crippen molar-refractivity contribution in [3.05, 3.63) is 47.4 Å². The summed E-state index contributed by atoms with van der Waals surface area (Å²) in [7, 11) is 0. The first-order valence-corrected chi connectivity index (χ1v) is 8.93. The second-order valence-electron chi connectivity index (χ2n) is 6.71. The molecule has 2 heterocycles. The first-order chi connectivity index (χ1) is 13.2. The van der Waals surface area contributed by atoms with Gasteiger partial charge in [0.15, 0.2) is 0 Å². The molecule has 0 radical (unpaired) electrons. The molecule has 0 bridgehead atoms. The first-order valence-electron chi connectivity index (χ1n) is 8.93. The SMILES string of the molecule is Cc1cc(OC2CCN(C(=O)Nc3cccc(C(F)(F)F)c3)CC2)nc(C)n1. The van der Waals surface area contributed by atoms with Crippen LogP contribution in [0.5, 0.6) is 5.88 Å². The highest BCUT2D eigenvalue weighted by Gasteiger charge is 2.31. The van der Waals surface area contributed by atoms with E-state index >= 15 is 0 Å². The number of nitrogens with one attached hydrogen (secondary N) is 1. The van der Waals surface area contributed by atoms with Gasteiger partial charge in [-0.25, -0.2) is 9.78 Å². The van der Waals surface area contributed by atoms with Gasteiger partial charge in [-0.1, -0.05) is 6.07 Å². The highest BCUT2D eigenvalue weighted by atomic mass is 19.4. The summed E-state index contributed by atoms with van der Waals surface area (Å²) in [6.07, 6.45) is -3.31. The second-order valence-corrected chi connectivity index (χ2v) is 6.71. The summed E-state index contributed by atoms with van der Waals surface area (Å²) in [6, 6.07) is 5.93. The Labute approximate surface area is 160 Å². The number of aromatic nitrogens is 2. The number of carbonyl (C=O) groups excluding carboxylic acids is 1. The number of ether oxygens (including phenoxy) is 1. The van der Waals surface area contributed by atoms with Gasteiger partial charge in [0, 0.05) is 43.4 Å². The van der Waals surface area contributed by atoms with Crippen molar-refractivity contribution in [2.24, 2.45) is 0 Å². The van der Waals surface area contributed by atoms with Gasteiger partial charge < -0.3 is 15.0 Å². The molecule has 3 rings (SSSR count). The van der Waals surface area contributed by atoms with Crippen molar-refractivity contribution >= 4 is 11.7 Å². The van der Waals surface area contributed by atoms with Crippen molar-refractivity contribution in [2.75, 3.05) is 18.4 Å². The van der Waals surface area contributed by atoms with Crippen molar-refractivity contribution in [1.29, 1.82) is 0 Å². The predicted molar refractivity (Wildman–Crippen MR) is 97.2 cm³/mol. The number of aryl methyl sites for hydroxylation is 2. The fourth-order valence-corrected chi connectivity index (χ4v) is 3.07. The van der Waals surface area contributed by atoms with Crippen LogP contribution >= 0.6 is 0 Å². The molecule has 28 heavy (non-hydrogen) atoms. The normalized spacial score (nSPS) is 15.4. The van der Waals surface area contributed by atoms with Crippen molar-refractivity contribution in [3.8, 4) is 5.88 Å². The molecule has 0 saturated carbocycles. The maximum absolute atomic E-state index is 12.8. The number of piperidine rings is 1. The molecule has 0 unspecified atom stereocenters. The Balaban J connectivity index is 1.54. The third-order valence-corrected chi connectivity index (χ3v) is 4.40. The molecule has 150 valence electrons. The number of amides is 2. The number of hydrogen-bond donors (Lipinski definition) is 1. The van der Waals surface area contributed by atoms with Crippen LogP contribution in [0, 0.1) is 13.8 Å². The third-order valence-electron chi connectivity index (χ3n) is 4.40. The number of anilines is 1. The number of likely N-dealkylation sites (tertiary alicyclic amines) is 1. The zero-order valence-corrected chi connectivity index (χ0v) is 15.6. The van der Waals surface area contributed by atoms with E-state index in [9.17, 15) is 18.0 Å². The summed E-state index contributed by atoms with van der Waals surface area (Å²) >= 11 is 0. The first kappa shape index (κ1) is 19.9. The monoisotopic (exact) mass is 394 g/mol.